The Kier molecular flexibility index (Phi) is 6.18. The minimum atomic E-state index is -0.178. The van der Waals surface area contributed by atoms with Crippen LogP contribution in [0.3, 0.4) is 0 Å². The minimum absolute atomic E-state index is 0.0996. The van der Waals surface area contributed by atoms with Gasteiger partial charge in [-0.15, -0.1) is 10.2 Å². The molecule has 0 radical (unpaired) electrons. The largest absolute Gasteiger partial charge is 0.454 e. The molecule has 4 aromatic rings. The molecule has 172 valence electrons. The molecule has 0 aliphatic carbocycles. The van der Waals surface area contributed by atoms with E-state index in [1.54, 1.807) is 12.4 Å². The van der Waals surface area contributed by atoms with Crippen LogP contribution in [0.15, 0.2) is 72.1 Å². The van der Waals surface area contributed by atoms with Crippen molar-refractivity contribution in [3.05, 3.63) is 78.1 Å². The molecule has 5 rings (SSSR count). The predicted molar refractivity (Wildman–Crippen MR) is 129 cm³/mol. The van der Waals surface area contributed by atoms with Gasteiger partial charge in [-0.1, -0.05) is 36.0 Å². The Balaban J connectivity index is 1.34. The third kappa shape index (κ3) is 4.47. The number of carbonyl (C=O) groups is 1. The Hall–Kier alpha value is -3.85. The van der Waals surface area contributed by atoms with Crippen molar-refractivity contribution in [2.24, 2.45) is 0 Å². The molecule has 1 unspecified atom stereocenters. The van der Waals surface area contributed by atoms with Crippen LogP contribution >= 0.6 is 11.8 Å². The fraction of sp³-hybridized carbons (Fsp3) is 0.200. The molecule has 1 N–H and O–H groups in total. The Morgan fingerprint density at radius 3 is 2.79 bits per heavy atom. The molecule has 9 heteroatoms. The zero-order valence-corrected chi connectivity index (χ0v) is 19.6. The summed E-state index contributed by atoms with van der Waals surface area (Å²) in [6, 6.07) is 17.3. The molecule has 0 saturated carbocycles. The Morgan fingerprint density at radius 2 is 1.97 bits per heavy atom. The van der Waals surface area contributed by atoms with Gasteiger partial charge < -0.3 is 14.8 Å². The standard InChI is InChI=1S/C25H23N5O3S/c1-16-6-3-4-8-20(16)30-24(19-7-5-11-26-13-19)28-29-25(30)34-14-23(31)27-17(2)18-9-10-21-22(12-18)33-15-32-21/h3-13,17H,14-15H2,1-2H3,(H,27,31). The number of benzene rings is 2. The Bertz CT molecular complexity index is 1330. The quantitative estimate of drug-likeness (QED) is 0.399. The first-order chi connectivity index (χ1) is 16.6. The number of amides is 1. The predicted octanol–water partition coefficient (Wildman–Crippen LogP) is 4.34. The highest BCUT2D eigenvalue weighted by atomic mass is 32.2. The molecule has 2 aromatic heterocycles. The number of nitrogens with zero attached hydrogens (tertiary/aromatic N) is 4. The number of aryl methyl sites for hydroxylation is 1. The summed E-state index contributed by atoms with van der Waals surface area (Å²) in [5.74, 6) is 2.20. The Morgan fingerprint density at radius 1 is 1.12 bits per heavy atom. The molecule has 1 atom stereocenters. The van der Waals surface area contributed by atoms with Gasteiger partial charge in [-0.05, 0) is 55.3 Å². The lowest BCUT2D eigenvalue weighted by Gasteiger charge is -2.15. The zero-order valence-electron chi connectivity index (χ0n) is 18.8. The van der Waals surface area contributed by atoms with E-state index in [2.05, 4.69) is 20.5 Å². The summed E-state index contributed by atoms with van der Waals surface area (Å²) < 4.78 is 12.8. The number of hydrogen-bond donors (Lipinski definition) is 1. The van der Waals surface area contributed by atoms with Crippen molar-refractivity contribution in [2.75, 3.05) is 12.5 Å². The first kappa shape index (κ1) is 22.0. The van der Waals surface area contributed by atoms with Crippen LogP contribution in [0.5, 0.6) is 11.5 Å². The summed E-state index contributed by atoms with van der Waals surface area (Å²) in [4.78, 5) is 17.0. The van der Waals surface area contributed by atoms with Crippen LogP contribution in [0.25, 0.3) is 17.1 Å². The number of para-hydroxylation sites is 1. The summed E-state index contributed by atoms with van der Waals surface area (Å²) in [6.45, 7) is 4.20. The van der Waals surface area contributed by atoms with Gasteiger partial charge in [-0.3, -0.25) is 14.3 Å². The van der Waals surface area contributed by atoms with Gasteiger partial charge in [0.05, 0.1) is 17.5 Å². The van der Waals surface area contributed by atoms with Gasteiger partial charge in [0, 0.05) is 18.0 Å². The summed E-state index contributed by atoms with van der Waals surface area (Å²) in [5, 5.41) is 12.5. The van der Waals surface area contributed by atoms with Crippen molar-refractivity contribution in [2.45, 2.75) is 25.0 Å². The number of carbonyl (C=O) groups excluding carboxylic acids is 1. The molecule has 1 aliphatic rings. The van der Waals surface area contributed by atoms with Crippen LogP contribution in [0.1, 0.15) is 24.1 Å². The maximum Gasteiger partial charge on any atom is 0.231 e. The first-order valence-corrected chi connectivity index (χ1v) is 11.8. The van der Waals surface area contributed by atoms with E-state index in [1.807, 2.05) is 73.0 Å². The van der Waals surface area contributed by atoms with E-state index < -0.39 is 0 Å². The van der Waals surface area contributed by atoms with Crippen LogP contribution in [0.2, 0.25) is 0 Å². The summed E-state index contributed by atoms with van der Waals surface area (Å²) in [5.41, 5.74) is 3.84. The minimum Gasteiger partial charge on any atom is -0.454 e. The average Bonchev–Trinajstić information content (AvgIpc) is 3.50. The van der Waals surface area contributed by atoms with Gasteiger partial charge >= 0.3 is 0 Å². The third-order valence-electron chi connectivity index (χ3n) is 5.52. The van der Waals surface area contributed by atoms with Crippen LogP contribution in [-0.2, 0) is 4.79 Å². The first-order valence-electron chi connectivity index (χ1n) is 10.8. The molecule has 0 saturated heterocycles. The number of thioether (sulfide) groups is 1. The van der Waals surface area contributed by atoms with E-state index in [0.717, 1.165) is 28.1 Å². The Labute approximate surface area is 201 Å². The molecular formula is C25H23N5O3S. The number of ether oxygens (including phenoxy) is 2. The molecule has 34 heavy (non-hydrogen) atoms. The number of pyridine rings is 1. The molecule has 8 nitrogen and oxygen atoms in total. The summed E-state index contributed by atoms with van der Waals surface area (Å²) in [7, 11) is 0. The van der Waals surface area contributed by atoms with Gasteiger partial charge in [-0.25, -0.2) is 0 Å². The van der Waals surface area contributed by atoms with Crippen LogP contribution < -0.4 is 14.8 Å². The maximum atomic E-state index is 12.8. The molecule has 0 fully saturated rings. The molecule has 0 bridgehead atoms. The molecule has 1 amide bonds. The van der Waals surface area contributed by atoms with Crippen molar-refractivity contribution in [3.63, 3.8) is 0 Å². The van der Waals surface area contributed by atoms with Crippen molar-refractivity contribution < 1.29 is 14.3 Å². The highest BCUT2D eigenvalue weighted by molar-refractivity contribution is 7.99. The number of fused-ring (bicyclic) bond motifs is 1. The van der Waals surface area contributed by atoms with E-state index in [1.165, 1.54) is 11.8 Å². The van der Waals surface area contributed by atoms with Crippen molar-refractivity contribution >= 4 is 17.7 Å². The van der Waals surface area contributed by atoms with Crippen LogP contribution in [0, 0.1) is 6.92 Å². The van der Waals surface area contributed by atoms with Crippen molar-refractivity contribution in [1.82, 2.24) is 25.1 Å². The van der Waals surface area contributed by atoms with Crippen molar-refractivity contribution in [1.29, 1.82) is 0 Å². The average molecular weight is 474 g/mol. The number of aromatic nitrogens is 4. The third-order valence-corrected chi connectivity index (χ3v) is 6.44. The van der Waals surface area contributed by atoms with Gasteiger partial charge in [0.2, 0.25) is 12.7 Å². The number of nitrogens with one attached hydrogen (secondary N) is 1. The SMILES string of the molecule is Cc1ccccc1-n1c(SCC(=O)NC(C)c2ccc3c(c2)OCO3)nnc1-c1cccnc1. The van der Waals surface area contributed by atoms with E-state index in [0.29, 0.717) is 16.7 Å². The van der Waals surface area contributed by atoms with E-state index in [-0.39, 0.29) is 24.5 Å². The maximum absolute atomic E-state index is 12.8. The topological polar surface area (TPSA) is 91.2 Å². The molecule has 3 heterocycles. The fourth-order valence-electron chi connectivity index (χ4n) is 3.76. The van der Waals surface area contributed by atoms with E-state index in [9.17, 15) is 4.79 Å². The van der Waals surface area contributed by atoms with E-state index in [4.69, 9.17) is 9.47 Å². The monoisotopic (exact) mass is 473 g/mol. The molecule has 1 aliphatic heterocycles. The molecule has 0 spiro atoms. The van der Waals surface area contributed by atoms with Gasteiger partial charge in [0.1, 0.15) is 0 Å². The van der Waals surface area contributed by atoms with Gasteiger partial charge in [0.25, 0.3) is 0 Å². The van der Waals surface area contributed by atoms with Crippen LogP contribution in [-0.4, -0.2) is 38.2 Å². The fourth-order valence-corrected chi connectivity index (χ4v) is 4.51. The summed E-state index contributed by atoms with van der Waals surface area (Å²) in [6.07, 6.45) is 3.48. The molecule has 2 aromatic carbocycles. The van der Waals surface area contributed by atoms with Crippen LogP contribution in [0.4, 0.5) is 0 Å². The lowest BCUT2D eigenvalue weighted by molar-refractivity contribution is -0.119. The van der Waals surface area contributed by atoms with Crippen molar-refractivity contribution in [3.8, 4) is 28.6 Å². The van der Waals surface area contributed by atoms with E-state index >= 15 is 0 Å². The smallest absolute Gasteiger partial charge is 0.231 e. The lowest BCUT2D eigenvalue weighted by atomic mass is 10.1. The number of hydrogen-bond acceptors (Lipinski definition) is 7. The lowest BCUT2D eigenvalue weighted by Crippen LogP contribution is -2.28. The van der Waals surface area contributed by atoms with Gasteiger partial charge in [-0.2, -0.15) is 0 Å². The molecular weight excluding hydrogens is 450 g/mol. The highest BCUT2D eigenvalue weighted by Gasteiger charge is 2.20. The second kappa shape index (κ2) is 9.56. The highest BCUT2D eigenvalue weighted by Crippen LogP contribution is 2.34. The van der Waals surface area contributed by atoms with Gasteiger partial charge in [0.15, 0.2) is 22.5 Å². The second-order valence-corrected chi connectivity index (χ2v) is 8.80. The second-order valence-electron chi connectivity index (χ2n) is 7.86. The zero-order chi connectivity index (χ0) is 23.5. The summed E-state index contributed by atoms with van der Waals surface area (Å²) >= 11 is 1.34. The normalized spacial score (nSPS) is 13.0. The number of rotatable bonds is 7.